The zero-order valence-electron chi connectivity index (χ0n) is 19.4. The monoisotopic (exact) mass is 486 g/mol. The van der Waals surface area contributed by atoms with Gasteiger partial charge in [0, 0.05) is 24.9 Å². The van der Waals surface area contributed by atoms with Gasteiger partial charge in [-0.25, -0.2) is 13.6 Å². The van der Waals surface area contributed by atoms with Gasteiger partial charge in [0.2, 0.25) is 5.91 Å². The van der Waals surface area contributed by atoms with Gasteiger partial charge in [-0.2, -0.15) is 0 Å². The van der Waals surface area contributed by atoms with E-state index in [0.29, 0.717) is 12.8 Å². The summed E-state index contributed by atoms with van der Waals surface area (Å²) in [6, 6.07) is 15.8. The number of hydrogen-bond acceptors (Lipinski definition) is 4. The Morgan fingerprint density at radius 3 is 2.29 bits per heavy atom. The summed E-state index contributed by atoms with van der Waals surface area (Å²) < 4.78 is 33.1. The molecule has 35 heavy (non-hydrogen) atoms. The van der Waals surface area contributed by atoms with Crippen molar-refractivity contribution in [3.8, 4) is 11.1 Å². The van der Waals surface area contributed by atoms with E-state index < -0.39 is 42.9 Å². The molecule has 2 aromatic rings. The van der Waals surface area contributed by atoms with Gasteiger partial charge in [0.25, 0.3) is 5.92 Å². The lowest BCUT2D eigenvalue weighted by Gasteiger charge is -2.18. The Balaban J connectivity index is 1.22. The van der Waals surface area contributed by atoms with Gasteiger partial charge < -0.3 is 20.1 Å². The van der Waals surface area contributed by atoms with E-state index in [4.69, 9.17) is 9.84 Å². The number of carboxylic acid groups (broad SMARTS) is 1. The molecule has 2 unspecified atom stereocenters. The summed E-state index contributed by atoms with van der Waals surface area (Å²) in [7, 11) is 0. The average Bonchev–Trinajstić information content (AvgIpc) is 3.31. The second kappa shape index (κ2) is 10.0. The summed E-state index contributed by atoms with van der Waals surface area (Å²) in [5.74, 6) is -7.47. The Morgan fingerprint density at radius 2 is 1.71 bits per heavy atom. The number of carbonyl (C=O) groups is 3. The maximum absolute atomic E-state index is 13.8. The lowest BCUT2D eigenvalue weighted by Crippen LogP contribution is -2.34. The molecule has 0 bridgehead atoms. The van der Waals surface area contributed by atoms with E-state index in [1.807, 2.05) is 36.4 Å². The maximum Gasteiger partial charge on any atom is 0.407 e. The Morgan fingerprint density at radius 1 is 1.11 bits per heavy atom. The van der Waals surface area contributed by atoms with Crippen LogP contribution in [0.3, 0.4) is 0 Å². The third-order valence-electron chi connectivity index (χ3n) is 6.70. The lowest BCUT2D eigenvalue weighted by molar-refractivity contribution is -0.151. The van der Waals surface area contributed by atoms with E-state index in [-0.39, 0.29) is 25.0 Å². The molecular formula is C26H28F2N2O5. The number of alkyl halides is 2. The summed E-state index contributed by atoms with van der Waals surface area (Å²) >= 11 is 0. The standard InChI is InChI=1S/C26H28F2N2O5/c1-16(7-6-12-23(31)30-13-22(24(32)33)26(27,28)15-30)29-25(34)35-14-21-19-10-4-2-8-17(19)18-9-3-5-11-20(18)21/h2-5,8-11,16,21-22H,6-7,12-15H2,1H3,(H,29,34)(H,32,33). The van der Waals surface area contributed by atoms with Gasteiger partial charge in [-0.15, -0.1) is 0 Å². The fourth-order valence-corrected chi connectivity index (χ4v) is 4.86. The molecule has 1 aliphatic heterocycles. The number of amides is 2. The van der Waals surface area contributed by atoms with Gasteiger partial charge in [0.1, 0.15) is 12.5 Å². The van der Waals surface area contributed by atoms with E-state index in [2.05, 4.69) is 17.4 Å². The quantitative estimate of drug-likeness (QED) is 0.581. The van der Waals surface area contributed by atoms with Crippen molar-refractivity contribution in [2.24, 2.45) is 5.92 Å². The Kier molecular flexibility index (Phi) is 7.05. The van der Waals surface area contributed by atoms with Crippen LogP contribution in [-0.2, 0) is 14.3 Å². The van der Waals surface area contributed by atoms with E-state index in [9.17, 15) is 23.2 Å². The van der Waals surface area contributed by atoms with Crippen LogP contribution in [0.5, 0.6) is 0 Å². The molecular weight excluding hydrogens is 458 g/mol. The summed E-state index contributed by atoms with van der Waals surface area (Å²) in [5.41, 5.74) is 4.51. The van der Waals surface area contributed by atoms with Crippen molar-refractivity contribution in [1.29, 1.82) is 0 Å². The smallest absolute Gasteiger partial charge is 0.407 e. The number of nitrogens with one attached hydrogen (secondary N) is 1. The molecule has 7 nitrogen and oxygen atoms in total. The van der Waals surface area contributed by atoms with Crippen LogP contribution in [0.2, 0.25) is 0 Å². The molecule has 186 valence electrons. The molecule has 0 spiro atoms. The number of ether oxygens (including phenoxy) is 1. The Bertz CT molecular complexity index is 1080. The molecule has 1 fully saturated rings. The highest BCUT2D eigenvalue weighted by Gasteiger charge is 2.53. The minimum Gasteiger partial charge on any atom is -0.481 e. The number of carboxylic acids is 1. The first-order valence-electron chi connectivity index (χ1n) is 11.7. The minimum atomic E-state index is -3.43. The van der Waals surface area contributed by atoms with Crippen LogP contribution in [0.1, 0.15) is 43.2 Å². The molecule has 2 amide bonds. The highest BCUT2D eigenvalue weighted by Crippen LogP contribution is 2.44. The SMILES string of the molecule is CC(CCCC(=O)N1CC(C(=O)O)C(F)(F)C1)NC(=O)OCC1c2ccccc2-c2ccccc21. The first-order valence-corrected chi connectivity index (χ1v) is 11.7. The molecule has 2 aromatic carbocycles. The Hall–Kier alpha value is -3.49. The minimum absolute atomic E-state index is 0.000864. The van der Waals surface area contributed by atoms with Crippen LogP contribution in [0.4, 0.5) is 13.6 Å². The number of likely N-dealkylation sites (tertiary alicyclic amines) is 1. The second-order valence-corrected chi connectivity index (χ2v) is 9.19. The average molecular weight is 487 g/mol. The number of rotatable bonds is 8. The van der Waals surface area contributed by atoms with Gasteiger partial charge in [-0.05, 0) is 42.0 Å². The third kappa shape index (κ3) is 5.28. The molecule has 0 saturated carbocycles. The molecule has 1 aliphatic carbocycles. The highest BCUT2D eigenvalue weighted by molar-refractivity contribution is 5.80. The highest BCUT2D eigenvalue weighted by atomic mass is 19.3. The molecule has 0 aromatic heterocycles. The van der Waals surface area contributed by atoms with Crippen LogP contribution < -0.4 is 5.32 Å². The van der Waals surface area contributed by atoms with E-state index in [1.54, 1.807) is 6.92 Å². The summed E-state index contributed by atoms with van der Waals surface area (Å²) in [4.78, 5) is 36.5. The summed E-state index contributed by atoms with van der Waals surface area (Å²) in [6.45, 7) is 0.598. The molecule has 1 heterocycles. The van der Waals surface area contributed by atoms with Crippen molar-refractivity contribution in [3.05, 3.63) is 59.7 Å². The Labute approximate surface area is 202 Å². The molecule has 4 rings (SSSR count). The predicted molar refractivity (Wildman–Crippen MR) is 124 cm³/mol. The van der Waals surface area contributed by atoms with Crippen molar-refractivity contribution in [1.82, 2.24) is 10.2 Å². The van der Waals surface area contributed by atoms with Crippen molar-refractivity contribution in [2.45, 2.75) is 44.1 Å². The van der Waals surface area contributed by atoms with Crippen LogP contribution in [-0.4, -0.2) is 59.6 Å². The molecule has 2 atom stereocenters. The van der Waals surface area contributed by atoms with Crippen molar-refractivity contribution in [2.75, 3.05) is 19.7 Å². The fourth-order valence-electron chi connectivity index (χ4n) is 4.86. The third-order valence-corrected chi connectivity index (χ3v) is 6.70. The fraction of sp³-hybridized carbons (Fsp3) is 0.423. The summed E-state index contributed by atoms with van der Waals surface area (Å²) in [6.07, 6.45) is 0.250. The van der Waals surface area contributed by atoms with E-state index >= 15 is 0 Å². The van der Waals surface area contributed by atoms with Crippen LogP contribution >= 0.6 is 0 Å². The molecule has 2 aliphatic rings. The molecule has 0 radical (unpaired) electrons. The zero-order chi connectivity index (χ0) is 25.2. The number of alkyl carbamates (subject to hydrolysis) is 1. The molecule has 9 heteroatoms. The number of nitrogens with zero attached hydrogens (tertiary/aromatic N) is 1. The largest absolute Gasteiger partial charge is 0.481 e. The van der Waals surface area contributed by atoms with Gasteiger partial charge >= 0.3 is 12.1 Å². The van der Waals surface area contributed by atoms with Crippen molar-refractivity contribution < 1.29 is 33.0 Å². The molecule has 2 N–H and O–H groups in total. The first kappa shape index (κ1) is 24.6. The summed E-state index contributed by atoms with van der Waals surface area (Å²) in [5, 5.41) is 11.7. The van der Waals surface area contributed by atoms with Crippen molar-refractivity contribution in [3.63, 3.8) is 0 Å². The zero-order valence-corrected chi connectivity index (χ0v) is 19.4. The second-order valence-electron chi connectivity index (χ2n) is 9.19. The van der Waals surface area contributed by atoms with Gasteiger partial charge in [-0.1, -0.05) is 48.5 Å². The first-order chi connectivity index (χ1) is 16.7. The normalized spacial score (nSPS) is 19.1. The number of aliphatic carboxylic acids is 1. The van der Waals surface area contributed by atoms with Gasteiger partial charge in [0.05, 0.1) is 6.54 Å². The topological polar surface area (TPSA) is 95.9 Å². The molecule has 1 saturated heterocycles. The number of fused-ring (bicyclic) bond motifs is 3. The lowest BCUT2D eigenvalue weighted by atomic mass is 9.98. The number of carbonyl (C=O) groups excluding carboxylic acids is 2. The number of benzene rings is 2. The number of halogens is 2. The van der Waals surface area contributed by atoms with Gasteiger partial charge in [0.15, 0.2) is 0 Å². The van der Waals surface area contributed by atoms with Crippen molar-refractivity contribution >= 4 is 18.0 Å². The maximum atomic E-state index is 13.8. The van der Waals surface area contributed by atoms with E-state index in [1.165, 1.54) is 0 Å². The number of hydrogen-bond donors (Lipinski definition) is 2. The van der Waals surface area contributed by atoms with Crippen LogP contribution in [0, 0.1) is 5.92 Å². The van der Waals surface area contributed by atoms with Crippen LogP contribution in [0.15, 0.2) is 48.5 Å². The van der Waals surface area contributed by atoms with E-state index in [0.717, 1.165) is 27.2 Å². The van der Waals surface area contributed by atoms with Gasteiger partial charge in [-0.3, -0.25) is 9.59 Å². The van der Waals surface area contributed by atoms with Crippen LogP contribution in [0.25, 0.3) is 11.1 Å². The predicted octanol–water partition coefficient (Wildman–Crippen LogP) is 4.26.